The van der Waals surface area contributed by atoms with Gasteiger partial charge in [-0.1, -0.05) is 26.2 Å². The lowest BCUT2D eigenvalue weighted by Crippen LogP contribution is -2.49. The molecule has 0 spiro atoms. The van der Waals surface area contributed by atoms with Gasteiger partial charge < -0.3 is 24.5 Å². The molecule has 1 aliphatic heterocycles. The van der Waals surface area contributed by atoms with Crippen molar-refractivity contribution < 1.29 is 24.5 Å². The minimum Gasteiger partial charge on any atom is -0.507 e. The van der Waals surface area contributed by atoms with E-state index < -0.39 is 23.7 Å². The van der Waals surface area contributed by atoms with Crippen molar-refractivity contribution in [1.29, 1.82) is 0 Å². The highest BCUT2D eigenvalue weighted by molar-refractivity contribution is 5.87. The van der Waals surface area contributed by atoms with Gasteiger partial charge in [0.25, 0.3) is 0 Å². The zero-order chi connectivity index (χ0) is 18.9. The van der Waals surface area contributed by atoms with Crippen LogP contribution in [0.4, 0.5) is 0 Å². The molecule has 2 heterocycles. The van der Waals surface area contributed by atoms with E-state index in [0.717, 1.165) is 31.7 Å². The maximum Gasteiger partial charge on any atom is 0.196 e. The lowest BCUT2D eigenvalue weighted by molar-refractivity contribution is -0.0610. The van der Waals surface area contributed by atoms with Crippen LogP contribution in [0.15, 0.2) is 21.3 Å². The highest BCUT2D eigenvalue weighted by Gasteiger charge is 2.41. The molecule has 1 aromatic carbocycles. The van der Waals surface area contributed by atoms with E-state index in [2.05, 4.69) is 6.92 Å². The Hall–Kier alpha value is -2.05. The summed E-state index contributed by atoms with van der Waals surface area (Å²) in [6, 6.07) is 2.73. The molecule has 142 valence electrons. The SMILES string of the molecule is CCCCCC[C@@]1(C)Oc2cc3oc(CO)cc(=O)c3c(O)c2C[C@H]1O. The highest BCUT2D eigenvalue weighted by atomic mass is 16.5. The minimum absolute atomic E-state index is 0.0447. The van der Waals surface area contributed by atoms with Crippen LogP contribution in [0.3, 0.4) is 0 Å². The lowest BCUT2D eigenvalue weighted by atomic mass is 9.84. The average Bonchev–Trinajstić information content (AvgIpc) is 2.60. The maximum atomic E-state index is 12.2. The molecule has 0 bridgehead atoms. The monoisotopic (exact) mass is 362 g/mol. The second-order valence-electron chi connectivity index (χ2n) is 7.26. The molecule has 2 aromatic rings. The molecule has 0 saturated heterocycles. The second kappa shape index (κ2) is 7.29. The fourth-order valence-electron chi connectivity index (χ4n) is 3.59. The number of hydrogen-bond donors (Lipinski definition) is 3. The standard InChI is InChI=1S/C20H26O6/c1-3-4-5-6-7-20(2)17(23)9-13-15(26-20)10-16-18(19(13)24)14(22)8-12(11-21)25-16/h8,10,17,21,23-24H,3-7,9,11H2,1-2H3/t17-,20-/m1/s1. The fraction of sp³-hybridized carbons (Fsp3) is 0.550. The van der Waals surface area contributed by atoms with E-state index in [0.29, 0.717) is 17.7 Å². The van der Waals surface area contributed by atoms with Crippen molar-refractivity contribution >= 4 is 11.0 Å². The Morgan fingerprint density at radius 3 is 2.73 bits per heavy atom. The first kappa shape index (κ1) is 18.7. The van der Waals surface area contributed by atoms with E-state index in [1.54, 1.807) is 6.07 Å². The van der Waals surface area contributed by atoms with Crippen LogP contribution in [0.1, 0.15) is 57.3 Å². The summed E-state index contributed by atoms with van der Waals surface area (Å²) < 4.78 is 11.6. The van der Waals surface area contributed by atoms with E-state index in [4.69, 9.17) is 9.15 Å². The van der Waals surface area contributed by atoms with Crippen LogP contribution in [-0.2, 0) is 13.0 Å². The summed E-state index contributed by atoms with van der Waals surface area (Å²) >= 11 is 0. The molecule has 3 rings (SSSR count). The van der Waals surface area contributed by atoms with Gasteiger partial charge in [-0.25, -0.2) is 0 Å². The molecule has 1 aromatic heterocycles. The summed E-state index contributed by atoms with van der Waals surface area (Å²) in [7, 11) is 0. The van der Waals surface area contributed by atoms with Gasteiger partial charge in [0.05, 0.1) is 6.10 Å². The maximum absolute atomic E-state index is 12.2. The van der Waals surface area contributed by atoms with Crippen molar-refractivity contribution in [2.75, 3.05) is 0 Å². The summed E-state index contributed by atoms with van der Waals surface area (Å²) in [6.07, 6.45) is 4.43. The number of hydrogen-bond acceptors (Lipinski definition) is 6. The van der Waals surface area contributed by atoms with Crippen LogP contribution >= 0.6 is 0 Å². The molecular weight excluding hydrogens is 336 g/mol. The average molecular weight is 362 g/mol. The normalized spacial score (nSPS) is 22.2. The number of rotatable bonds is 6. The highest BCUT2D eigenvalue weighted by Crippen LogP contribution is 2.43. The van der Waals surface area contributed by atoms with Gasteiger partial charge in [-0.05, 0) is 19.8 Å². The van der Waals surface area contributed by atoms with Crippen molar-refractivity contribution in [3.05, 3.63) is 33.7 Å². The zero-order valence-corrected chi connectivity index (χ0v) is 15.2. The predicted molar refractivity (Wildman–Crippen MR) is 97.6 cm³/mol. The van der Waals surface area contributed by atoms with Gasteiger partial charge in [0.15, 0.2) is 5.43 Å². The Morgan fingerprint density at radius 2 is 2.04 bits per heavy atom. The van der Waals surface area contributed by atoms with Gasteiger partial charge in [-0.2, -0.15) is 0 Å². The minimum atomic E-state index is -0.774. The second-order valence-corrected chi connectivity index (χ2v) is 7.26. The molecule has 6 nitrogen and oxygen atoms in total. The molecule has 0 saturated carbocycles. The summed E-state index contributed by atoms with van der Waals surface area (Å²) in [5.74, 6) is 0.319. The summed E-state index contributed by atoms with van der Waals surface area (Å²) in [6.45, 7) is 3.61. The molecule has 26 heavy (non-hydrogen) atoms. The molecule has 0 unspecified atom stereocenters. The van der Waals surface area contributed by atoms with Crippen LogP contribution in [0.25, 0.3) is 11.0 Å². The molecule has 6 heteroatoms. The van der Waals surface area contributed by atoms with E-state index in [1.807, 2.05) is 6.92 Å². The Labute approximate surface area is 152 Å². The van der Waals surface area contributed by atoms with Crippen LogP contribution in [-0.4, -0.2) is 27.0 Å². The van der Waals surface area contributed by atoms with Crippen molar-refractivity contribution in [3.8, 4) is 11.5 Å². The summed E-state index contributed by atoms with van der Waals surface area (Å²) in [4.78, 5) is 12.2. The molecule has 2 atom stereocenters. The number of aliphatic hydroxyl groups excluding tert-OH is 2. The number of phenols is 1. The third-order valence-corrected chi connectivity index (χ3v) is 5.24. The Morgan fingerprint density at radius 1 is 1.27 bits per heavy atom. The van der Waals surface area contributed by atoms with Gasteiger partial charge in [0.2, 0.25) is 0 Å². The lowest BCUT2D eigenvalue weighted by Gasteiger charge is -2.40. The van der Waals surface area contributed by atoms with Gasteiger partial charge >= 0.3 is 0 Å². The first-order valence-electron chi connectivity index (χ1n) is 9.19. The third-order valence-electron chi connectivity index (χ3n) is 5.24. The molecule has 0 fully saturated rings. The largest absolute Gasteiger partial charge is 0.507 e. The van der Waals surface area contributed by atoms with Crippen LogP contribution in [0.2, 0.25) is 0 Å². The van der Waals surface area contributed by atoms with E-state index in [9.17, 15) is 20.1 Å². The third kappa shape index (κ3) is 3.31. The molecule has 3 N–H and O–H groups in total. The Balaban J connectivity index is 1.99. The number of benzene rings is 1. The van der Waals surface area contributed by atoms with Gasteiger partial charge in [0.1, 0.15) is 40.4 Å². The molecule has 0 radical (unpaired) electrons. The number of aliphatic hydroxyl groups is 2. The van der Waals surface area contributed by atoms with Crippen molar-refractivity contribution in [3.63, 3.8) is 0 Å². The first-order chi connectivity index (χ1) is 12.4. The van der Waals surface area contributed by atoms with Crippen LogP contribution in [0.5, 0.6) is 11.5 Å². The van der Waals surface area contributed by atoms with Gasteiger partial charge in [-0.3, -0.25) is 4.79 Å². The Bertz CT molecular complexity index is 855. The molecule has 0 aliphatic carbocycles. The molecule has 0 amide bonds. The predicted octanol–water partition coefficient (Wildman–Crippen LogP) is 3.02. The molecule has 1 aliphatic rings. The molecular formula is C20H26O6. The van der Waals surface area contributed by atoms with Gasteiger partial charge in [-0.15, -0.1) is 0 Å². The fourth-order valence-corrected chi connectivity index (χ4v) is 3.59. The van der Waals surface area contributed by atoms with E-state index in [1.165, 1.54) is 0 Å². The van der Waals surface area contributed by atoms with Crippen molar-refractivity contribution in [1.82, 2.24) is 0 Å². The van der Waals surface area contributed by atoms with Crippen LogP contribution in [0, 0.1) is 0 Å². The van der Waals surface area contributed by atoms with Crippen molar-refractivity contribution in [2.45, 2.75) is 70.7 Å². The number of ether oxygens (including phenoxy) is 1. The number of fused-ring (bicyclic) bond motifs is 2. The Kier molecular flexibility index (Phi) is 5.25. The van der Waals surface area contributed by atoms with E-state index >= 15 is 0 Å². The summed E-state index contributed by atoms with van der Waals surface area (Å²) in [5.41, 5.74) is -0.601. The quantitative estimate of drug-likeness (QED) is 0.683. The van der Waals surface area contributed by atoms with Crippen molar-refractivity contribution in [2.24, 2.45) is 0 Å². The first-order valence-corrected chi connectivity index (χ1v) is 9.19. The number of unbranched alkanes of at least 4 members (excludes halogenated alkanes) is 3. The number of phenolic OH excluding ortho intramolecular Hbond substituents is 1. The van der Waals surface area contributed by atoms with E-state index in [-0.39, 0.29) is 28.9 Å². The van der Waals surface area contributed by atoms with Gasteiger partial charge in [0, 0.05) is 24.1 Å². The smallest absolute Gasteiger partial charge is 0.196 e. The number of aromatic hydroxyl groups is 1. The topological polar surface area (TPSA) is 100 Å². The van der Waals surface area contributed by atoms with Crippen LogP contribution < -0.4 is 10.2 Å². The summed E-state index contributed by atoms with van der Waals surface area (Å²) in [5, 5.41) is 30.4. The zero-order valence-electron chi connectivity index (χ0n) is 15.2.